The lowest BCUT2D eigenvalue weighted by Crippen LogP contribution is -2.39. The van der Waals surface area contributed by atoms with Crippen molar-refractivity contribution in [2.45, 2.75) is 51.7 Å². The minimum atomic E-state index is -0.409. The lowest BCUT2D eigenvalue weighted by molar-refractivity contribution is -0.135. The number of carbonyl (C=O) groups is 1. The van der Waals surface area contributed by atoms with Gasteiger partial charge in [-0.15, -0.1) is 0 Å². The third kappa shape index (κ3) is 3.69. The second kappa shape index (κ2) is 7.10. The van der Waals surface area contributed by atoms with Crippen molar-refractivity contribution in [3.63, 3.8) is 0 Å². The lowest BCUT2D eigenvalue weighted by Gasteiger charge is -2.24. The van der Waals surface area contributed by atoms with E-state index in [0.717, 1.165) is 25.7 Å². The highest BCUT2D eigenvalue weighted by atomic mass is 16.3. The van der Waals surface area contributed by atoms with Gasteiger partial charge in [0.25, 0.3) is 0 Å². The van der Waals surface area contributed by atoms with E-state index in [2.05, 4.69) is 13.8 Å². The van der Waals surface area contributed by atoms with Crippen LogP contribution in [0, 0.1) is 5.92 Å². The van der Waals surface area contributed by atoms with Crippen molar-refractivity contribution in [2.24, 2.45) is 5.92 Å². The van der Waals surface area contributed by atoms with Crippen molar-refractivity contribution >= 4 is 5.91 Å². The molecule has 1 aliphatic rings. The second-order valence-corrected chi connectivity index (χ2v) is 5.62. The van der Waals surface area contributed by atoms with Crippen LogP contribution in [0.5, 0.6) is 0 Å². The molecule has 1 aliphatic heterocycles. The average Bonchev–Trinajstić information content (AvgIpc) is 2.70. The molecule has 0 aromatic heterocycles. The molecule has 0 saturated carbocycles. The number of aliphatic hydroxyl groups excluding tert-OH is 1. The highest BCUT2D eigenvalue weighted by molar-refractivity contribution is 5.79. The molecule has 0 spiro atoms. The SMILES string of the molecule is CCCC(CCC)C(=O)N1C[C@H](O)[C@@H](N(C)C)C1. The monoisotopic (exact) mass is 256 g/mol. The van der Waals surface area contributed by atoms with Crippen molar-refractivity contribution in [3.8, 4) is 0 Å². The van der Waals surface area contributed by atoms with E-state index in [0.29, 0.717) is 13.1 Å². The van der Waals surface area contributed by atoms with E-state index in [1.54, 1.807) is 0 Å². The molecule has 0 radical (unpaired) electrons. The maximum absolute atomic E-state index is 12.4. The number of aliphatic hydroxyl groups is 1. The zero-order valence-corrected chi connectivity index (χ0v) is 12.2. The van der Waals surface area contributed by atoms with Crippen LogP contribution in [-0.2, 0) is 4.79 Å². The van der Waals surface area contributed by atoms with Gasteiger partial charge in [0.15, 0.2) is 0 Å². The molecule has 106 valence electrons. The Morgan fingerprint density at radius 3 is 2.22 bits per heavy atom. The Bertz CT molecular complexity index is 263. The van der Waals surface area contributed by atoms with Gasteiger partial charge in [0, 0.05) is 19.0 Å². The van der Waals surface area contributed by atoms with E-state index < -0.39 is 6.10 Å². The first-order valence-electron chi connectivity index (χ1n) is 7.14. The van der Waals surface area contributed by atoms with Crippen LogP contribution in [0.4, 0.5) is 0 Å². The van der Waals surface area contributed by atoms with Crippen molar-refractivity contribution in [2.75, 3.05) is 27.2 Å². The Hall–Kier alpha value is -0.610. The van der Waals surface area contributed by atoms with Gasteiger partial charge in [-0.05, 0) is 26.9 Å². The van der Waals surface area contributed by atoms with Crippen LogP contribution in [0.3, 0.4) is 0 Å². The van der Waals surface area contributed by atoms with Crippen LogP contribution in [0.15, 0.2) is 0 Å². The summed E-state index contributed by atoms with van der Waals surface area (Å²) in [7, 11) is 3.91. The van der Waals surface area contributed by atoms with Gasteiger partial charge in [0.2, 0.25) is 5.91 Å². The predicted octanol–water partition coefficient (Wildman–Crippen LogP) is 1.34. The highest BCUT2D eigenvalue weighted by Crippen LogP contribution is 2.21. The normalized spacial score (nSPS) is 24.3. The van der Waals surface area contributed by atoms with E-state index in [9.17, 15) is 9.90 Å². The fraction of sp³-hybridized carbons (Fsp3) is 0.929. The van der Waals surface area contributed by atoms with Crippen LogP contribution in [0.25, 0.3) is 0 Å². The zero-order valence-electron chi connectivity index (χ0n) is 12.2. The van der Waals surface area contributed by atoms with Gasteiger partial charge in [-0.25, -0.2) is 0 Å². The summed E-state index contributed by atoms with van der Waals surface area (Å²) in [6.45, 7) is 5.40. The molecule has 0 bridgehead atoms. The van der Waals surface area contributed by atoms with Crippen LogP contribution in [0.2, 0.25) is 0 Å². The van der Waals surface area contributed by atoms with E-state index in [4.69, 9.17) is 0 Å². The summed E-state index contributed by atoms with van der Waals surface area (Å²) in [5, 5.41) is 9.98. The number of amides is 1. The summed E-state index contributed by atoms with van der Waals surface area (Å²) >= 11 is 0. The van der Waals surface area contributed by atoms with Crippen molar-refractivity contribution in [1.29, 1.82) is 0 Å². The van der Waals surface area contributed by atoms with Crippen molar-refractivity contribution < 1.29 is 9.90 Å². The van der Waals surface area contributed by atoms with Gasteiger partial charge in [0.05, 0.1) is 12.1 Å². The molecule has 2 atom stereocenters. The topological polar surface area (TPSA) is 43.8 Å². The Balaban J connectivity index is 2.61. The Morgan fingerprint density at radius 1 is 1.28 bits per heavy atom. The molecule has 1 amide bonds. The van der Waals surface area contributed by atoms with Crippen molar-refractivity contribution in [1.82, 2.24) is 9.80 Å². The Morgan fingerprint density at radius 2 is 1.83 bits per heavy atom. The number of likely N-dealkylation sites (tertiary alicyclic amines) is 1. The van der Waals surface area contributed by atoms with Gasteiger partial charge in [0.1, 0.15) is 0 Å². The highest BCUT2D eigenvalue weighted by Gasteiger charge is 2.36. The second-order valence-electron chi connectivity index (χ2n) is 5.62. The molecule has 1 heterocycles. The first-order valence-corrected chi connectivity index (χ1v) is 7.14. The summed E-state index contributed by atoms with van der Waals surface area (Å²) in [5.41, 5.74) is 0. The Labute approximate surface area is 111 Å². The molecular weight excluding hydrogens is 228 g/mol. The van der Waals surface area contributed by atoms with Crippen LogP contribution in [-0.4, -0.2) is 60.1 Å². The third-order valence-corrected chi connectivity index (χ3v) is 3.86. The number of nitrogens with zero attached hydrogens (tertiary/aromatic N) is 2. The van der Waals surface area contributed by atoms with Gasteiger partial charge in [-0.2, -0.15) is 0 Å². The number of likely N-dealkylation sites (N-methyl/N-ethyl adjacent to an activating group) is 1. The fourth-order valence-corrected chi connectivity index (χ4v) is 2.80. The number of hydrogen-bond donors (Lipinski definition) is 1. The summed E-state index contributed by atoms with van der Waals surface area (Å²) in [6, 6.07) is 0.0813. The molecule has 1 rings (SSSR count). The van der Waals surface area contributed by atoms with E-state index in [1.165, 1.54) is 0 Å². The molecule has 18 heavy (non-hydrogen) atoms. The summed E-state index contributed by atoms with van der Waals surface area (Å²) < 4.78 is 0. The van der Waals surface area contributed by atoms with Gasteiger partial charge >= 0.3 is 0 Å². The number of rotatable bonds is 6. The standard InChI is InChI=1S/C14H28N2O2/c1-5-7-11(8-6-2)14(18)16-9-12(15(3)4)13(17)10-16/h11-13,17H,5-10H2,1-4H3/t12-,13-/m0/s1. The zero-order chi connectivity index (χ0) is 13.7. The fourth-order valence-electron chi connectivity index (χ4n) is 2.80. The van der Waals surface area contributed by atoms with Gasteiger partial charge in [-0.1, -0.05) is 26.7 Å². The summed E-state index contributed by atoms with van der Waals surface area (Å²) in [4.78, 5) is 16.3. The molecule has 4 nitrogen and oxygen atoms in total. The first kappa shape index (κ1) is 15.4. The van der Waals surface area contributed by atoms with Crippen LogP contribution in [0.1, 0.15) is 39.5 Å². The quantitative estimate of drug-likeness (QED) is 0.780. The molecule has 4 heteroatoms. The Kier molecular flexibility index (Phi) is 6.09. The molecule has 0 unspecified atom stereocenters. The van der Waals surface area contributed by atoms with Crippen molar-refractivity contribution in [3.05, 3.63) is 0 Å². The maximum atomic E-state index is 12.4. The largest absolute Gasteiger partial charge is 0.390 e. The molecule has 1 saturated heterocycles. The average molecular weight is 256 g/mol. The molecule has 1 fully saturated rings. The predicted molar refractivity (Wildman–Crippen MR) is 73.4 cm³/mol. The lowest BCUT2D eigenvalue weighted by atomic mass is 9.97. The molecule has 0 aromatic carbocycles. The van der Waals surface area contributed by atoms with Crippen LogP contribution < -0.4 is 0 Å². The number of hydrogen-bond acceptors (Lipinski definition) is 3. The number of β-amino-alcohol motifs (C(OH)–C–C–N with tert-alkyl or cyclic N) is 1. The van der Waals surface area contributed by atoms with Crippen LogP contribution >= 0.6 is 0 Å². The maximum Gasteiger partial charge on any atom is 0.225 e. The summed E-state index contributed by atoms with van der Waals surface area (Å²) in [5.74, 6) is 0.384. The third-order valence-electron chi connectivity index (χ3n) is 3.86. The summed E-state index contributed by atoms with van der Waals surface area (Å²) in [6.07, 6.45) is 3.61. The molecule has 0 aliphatic carbocycles. The van der Waals surface area contributed by atoms with E-state index in [1.807, 2.05) is 23.9 Å². The van der Waals surface area contributed by atoms with E-state index >= 15 is 0 Å². The smallest absolute Gasteiger partial charge is 0.225 e. The van der Waals surface area contributed by atoms with Gasteiger partial charge in [-0.3, -0.25) is 4.79 Å². The molecule has 1 N–H and O–H groups in total. The van der Waals surface area contributed by atoms with E-state index in [-0.39, 0.29) is 17.9 Å². The number of carbonyl (C=O) groups excluding carboxylic acids is 1. The minimum absolute atomic E-state index is 0.0813. The minimum Gasteiger partial charge on any atom is -0.390 e. The van der Waals surface area contributed by atoms with Gasteiger partial charge < -0.3 is 14.9 Å². The molecular formula is C14H28N2O2. The molecule has 0 aromatic rings. The first-order chi connectivity index (χ1) is 8.51.